The molecule has 0 aromatic heterocycles. The molecule has 0 bridgehead atoms. The first-order valence-electron chi connectivity index (χ1n) is 7.33. The van der Waals surface area contributed by atoms with Crippen LogP contribution < -0.4 is 10.6 Å². The van der Waals surface area contributed by atoms with Crippen molar-refractivity contribution in [3.8, 4) is 0 Å². The number of aryl methyl sites for hydroxylation is 1. The predicted molar refractivity (Wildman–Crippen MR) is 86.4 cm³/mol. The number of anilines is 1. The van der Waals surface area contributed by atoms with E-state index in [1.807, 2.05) is 6.92 Å². The summed E-state index contributed by atoms with van der Waals surface area (Å²) in [5.41, 5.74) is 1.22. The van der Waals surface area contributed by atoms with Gasteiger partial charge in [0.1, 0.15) is 5.82 Å². The van der Waals surface area contributed by atoms with Crippen LogP contribution in [-0.2, 0) is 4.79 Å². The zero-order valence-corrected chi connectivity index (χ0v) is 13.4. The first-order valence-corrected chi connectivity index (χ1v) is 7.33. The van der Waals surface area contributed by atoms with Gasteiger partial charge in [-0.3, -0.25) is 4.79 Å². The third-order valence-electron chi connectivity index (χ3n) is 4.04. The van der Waals surface area contributed by atoms with E-state index in [4.69, 9.17) is 0 Å². The summed E-state index contributed by atoms with van der Waals surface area (Å²) in [6.07, 6.45) is 2.78. The van der Waals surface area contributed by atoms with E-state index in [9.17, 15) is 9.18 Å². The van der Waals surface area contributed by atoms with Crippen LogP contribution in [0.15, 0.2) is 18.2 Å². The Bertz CT molecular complexity index is 475. The highest BCUT2D eigenvalue weighted by atomic mass is 35.5. The zero-order valence-electron chi connectivity index (χ0n) is 12.6. The van der Waals surface area contributed by atoms with Crippen LogP contribution in [0.25, 0.3) is 0 Å². The molecule has 0 spiro atoms. The lowest BCUT2D eigenvalue weighted by Crippen LogP contribution is -2.34. The Hall–Kier alpha value is -1.13. The van der Waals surface area contributed by atoms with Crippen LogP contribution in [0, 0.1) is 24.6 Å². The second-order valence-corrected chi connectivity index (χ2v) is 5.82. The van der Waals surface area contributed by atoms with E-state index >= 15 is 0 Å². The van der Waals surface area contributed by atoms with Crippen LogP contribution in [0.5, 0.6) is 0 Å². The average molecular weight is 315 g/mol. The van der Waals surface area contributed by atoms with Gasteiger partial charge in [0.25, 0.3) is 0 Å². The van der Waals surface area contributed by atoms with Gasteiger partial charge in [0.2, 0.25) is 5.91 Å². The second-order valence-electron chi connectivity index (χ2n) is 5.82. The fourth-order valence-electron chi connectivity index (χ4n) is 2.76. The minimum Gasteiger partial charge on any atom is -0.324 e. The van der Waals surface area contributed by atoms with Gasteiger partial charge in [-0.1, -0.05) is 13.0 Å². The maximum absolute atomic E-state index is 13.6. The number of hydrogen-bond acceptors (Lipinski definition) is 2. The summed E-state index contributed by atoms with van der Waals surface area (Å²) < 4.78 is 13.6. The summed E-state index contributed by atoms with van der Waals surface area (Å²) in [5, 5.41) is 6.05. The summed E-state index contributed by atoms with van der Waals surface area (Å²) in [6, 6.07) is 4.75. The van der Waals surface area contributed by atoms with Crippen LogP contribution in [0.1, 0.15) is 31.7 Å². The molecule has 1 heterocycles. The Morgan fingerprint density at radius 3 is 2.95 bits per heavy atom. The number of nitrogens with one attached hydrogen (secondary N) is 2. The van der Waals surface area contributed by atoms with Gasteiger partial charge in [0, 0.05) is 6.42 Å². The molecule has 1 fully saturated rings. The van der Waals surface area contributed by atoms with Crippen molar-refractivity contribution < 1.29 is 9.18 Å². The molecule has 1 amide bonds. The number of benzene rings is 1. The van der Waals surface area contributed by atoms with Crippen molar-refractivity contribution in [1.29, 1.82) is 0 Å². The van der Waals surface area contributed by atoms with Crippen LogP contribution >= 0.6 is 12.4 Å². The van der Waals surface area contributed by atoms with Crippen molar-refractivity contribution >= 4 is 24.0 Å². The van der Waals surface area contributed by atoms with Gasteiger partial charge in [0.05, 0.1) is 5.69 Å². The van der Waals surface area contributed by atoms with Crippen LogP contribution in [0.4, 0.5) is 10.1 Å². The van der Waals surface area contributed by atoms with Crippen molar-refractivity contribution in [2.24, 2.45) is 11.8 Å². The van der Waals surface area contributed by atoms with E-state index in [-0.39, 0.29) is 29.8 Å². The van der Waals surface area contributed by atoms with E-state index in [0.29, 0.717) is 18.3 Å². The molecule has 2 N–H and O–H groups in total. The zero-order chi connectivity index (χ0) is 14.5. The molecular weight excluding hydrogens is 291 g/mol. The molecule has 2 unspecified atom stereocenters. The monoisotopic (exact) mass is 314 g/mol. The normalized spacial score (nSPS) is 19.5. The molecule has 21 heavy (non-hydrogen) atoms. The van der Waals surface area contributed by atoms with Gasteiger partial charge >= 0.3 is 0 Å². The minimum absolute atomic E-state index is 0. The van der Waals surface area contributed by atoms with Gasteiger partial charge < -0.3 is 10.6 Å². The number of carbonyl (C=O) groups excluding carboxylic acids is 1. The lowest BCUT2D eigenvalue weighted by atomic mass is 9.85. The molecule has 0 aliphatic carbocycles. The number of carbonyl (C=O) groups is 1. The summed E-state index contributed by atoms with van der Waals surface area (Å²) in [5.74, 6) is 0.371. The van der Waals surface area contributed by atoms with Gasteiger partial charge in [-0.2, -0.15) is 0 Å². The molecule has 1 aliphatic rings. The Kier molecular flexibility index (Phi) is 7.12. The Morgan fingerprint density at radius 1 is 1.52 bits per heavy atom. The number of amides is 1. The number of piperidine rings is 1. The van der Waals surface area contributed by atoms with E-state index in [1.165, 1.54) is 18.9 Å². The number of hydrogen-bond donors (Lipinski definition) is 2. The number of rotatable bonds is 4. The maximum Gasteiger partial charge on any atom is 0.224 e. The molecule has 118 valence electrons. The maximum atomic E-state index is 13.6. The van der Waals surface area contributed by atoms with Crippen molar-refractivity contribution in [1.82, 2.24) is 5.32 Å². The SMILES string of the molecule is Cc1ccc(F)c(NC(=O)CC(C)C2CCCNC2)c1.Cl. The molecule has 2 atom stereocenters. The molecule has 3 nitrogen and oxygen atoms in total. The van der Waals surface area contributed by atoms with Crippen molar-refractivity contribution in [3.05, 3.63) is 29.6 Å². The van der Waals surface area contributed by atoms with E-state index in [0.717, 1.165) is 18.7 Å². The van der Waals surface area contributed by atoms with E-state index in [2.05, 4.69) is 17.6 Å². The third kappa shape index (κ3) is 5.29. The van der Waals surface area contributed by atoms with Crippen LogP contribution in [0.3, 0.4) is 0 Å². The van der Waals surface area contributed by atoms with Gasteiger partial charge in [-0.15, -0.1) is 12.4 Å². The molecule has 0 radical (unpaired) electrons. The van der Waals surface area contributed by atoms with E-state index < -0.39 is 0 Å². The lowest BCUT2D eigenvalue weighted by Gasteiger charge is -2.28. The minimum atomic E-state index is -0.379. The molecule has 5 heteroatoms. The largest absolute Gasteiger partial charge is 0.324 e. The number of halogens is 2. The highest BCUT2D eigenvalue weighted by Gasteiger charge is 2.22. The average Bonchev–Trinajstić information content (AvgIpc) is 2.43. The standard InChI is InChI=1S/C16H23FN2O.ClH/c1-11-5-6-14(17)15(8-11)19-16(20)9-12(2)13-4-3-7-18-10-13;/h5-6,8,12-13,18H,3-4,7,9-10H2,1-2H3,(H,19,20);1H. The predicted octanol–water partition coefficient (Wildman–Crippen LogP) is 3.52. The van der Waals surface area contributed by atoms with Gasteiger partial charge in [-0.25, -0.2) is 4.39 Å². The lowest BCUT2D eigenvalue weighted by molar-refractivity contribution is -0.117. The summed E-state index contributed by atoms with van der Waals surface area (Å²) in [6.45, 7) is 6.03. The molecule has 1 saturated heterocycles. The Labute approximate surface area is 132 Å². The molecule has 1 aliphatic heterocycles. The molecule has 2 rings (SSSR count). The Morgan fingerprint density at radius 2 is 2.29 bits per heavy atom. The first-order chi connectivity index (χ1) is 9.56. The van der Waals surface area contributed by atoms with Crippen LogP contribution in [0.2, 0.25) is 0 Å². The van der Waals surface area contributed by atoms with Crippen molar-refractivity contribution in [3.63, 3.8) is 0 Å². The Balaban J connectivity index is 0.00000220. The van der Waals surface area contributed by atoms with Gasteiger partial charge in [0.15, 0.2) is 0 Å². The summed E-state index contributed by atoms with van der Waals surface area (Å²) >= 11 is 0. The first kappa shape index (κ1) is 17.9. The molecule has 0 saturated carbocycles. The highest BCUT2D eigenvalue weighted by Crippen LogP contribution is 2.23. The van der Waals surface area contributed by atoms with Crippen LogP contribution in [-0.4, -0.2) is 19.0 Å². The fraction of sp³-hybridized carbons (Fsp3) is 0.562. The van der Waals surface area contributed by atoms with Gasteiger partial charge in [-0.05, 0) is 62.4 Å². The third-order valence-corrected chi connectivity index (χ3v) is 4.04. The smallest absolute Gasteiger partial charge is 0.224 e. The topological polar surface area (TPSA) is 41.1 Å². The molecule has 1 aromatic rings. The quantitative estimate of drug-likeness (QED) is 0.893. The summed E-state index contributed by atoms with van der Waals surface area (Å²) in [4.78, 5) is 12.0. The second kappa shape index (κ2) is 8.35. The highest BCUT2D eigenvalue weighted by molar-refractivity contribution is 5.91. The molecular formula is C16H24ClFN2O. The van der Waals surface area contributed by atoms with Crippen molar-refractivity contribution in [2.45, 2.75) is 33.1 Å². The molecule has 1 aromatic carbocycles. The van der Waals surface area contributed by atoms with Crippen molar-refractivity contribution in [2.75, 3.05) is 18.4 Å². The summed E-state index contributed by atoms with van der Waals surface area (Å²) in [7, 11) is 0. The fourth-order valence-corrected chi connectivity index (χ4v) is 2.76. The van der Waals surface area contributed by atoms with E-state index in [1.54, 1.807) is 12.1 Å².